The van der Waals surface area contributed by atoms with Gasteiger partial charge in [-0.1, -0.05) is 35.9 Å². The number of carbonyl (C=O) groups excluding carboxylic acids is 3. The number of primary amides is 1. The van der Waals surface area contributed by atoms with E-state index in [1.165, 1.54) is 7.11 Å². The molecule has 0 aliphatic carbocycles. The van der Waals surface area contributed by atoms with Crippen molar-refractivity contribution in [2.45, 2.75) is 19.1 Å². The van der Waals surface area contributed by atoms with Gasteiger partial charge in [0.1, 0.15) is 6.61 Å². The Kier molecular flexibility index (Phi) is 7.19. The van der Waals surface area contributed by atoms with Crippen LogP contribution in [0.25, 0.3) is 0 Å². The number of rotatable bonds is 7. The normalized spacial score (nSPS) is 11.3. The summed E-state index contributed by atoms with van der Waals surface area (Å²) in [6.07, 6.45) is -0.0924. The molecule has 2 amide bonds. The molecule has 0 unspecified atom stereocenters. The van der Waals surface area contributed by atoms with E-state index in [1.54, 1.807) is 48.5 Å². The average Bonchev–Trinajstić information content (AvgIpc) is 2.66. The summed E-state index contributed by atoms with van der Waals surface area (Å²) in [5.41, 5.74) is 6.98. The predicted octanol–water partition coefficient (Wildman–Crippen LogP) is 2.97. The van der Waals surface area contributed by atoms with Gasteiger partial charge in [-0.25, -0.2) is 9.59 Å². The summed E-state index contributed by atoms with van der Waals surface area (Å²) in [6.45, 7) is 0.0319. The number of nitrogens with two attached hydrogens (primary N) is 1. The number of urea groups is 1. The molecule has 0 aliphatic heterocycles. The fraction of sp³-hybridized carbons (Fsp3) is 0.211. The van der Waals surface area contributed by atoms with E-state index >= 15 is 0 Å². The molecule has 1 atom stereocenters. The Balaban J connectivity index is 1.96. The summed E-state index contributed by atoms with van der Waals surface area (Å²) in [6, 6.07) is 11.8. The Labute approximate surface area is 161 Å². The minimum atomic E-state index is -0.749. The van der Waals surface area contributed by atoms with E-state index < -0.39 is 24.0 Å². The Morgan fingerprint density at radius 1 is 1.07 bits per heavy atom. The lowest BCUT2D eigenvalue weighted by molar-refractivity contribution is -0.145. The summed E-state index contributed by atoms with van der Waals surface area (Å²) in [7, 11) is 1.30. The van der Waals surface area contributed by atoms with Crippen LogP contribution in [0, 0.1) is 0 Å². The third kappa shape index (κ3) is 6.31. The molecule has 0 fully saturated rings. The van der Waals surface area contributed by atoms with Gasteiger partial charge in [0.05, 0.1) is 25.1 Å². The van der Waals surface area contributed by atoms with E-state index in [4.69, 9.17) is 22.1 Å². The number of benzene rings is 2. The van der Waals surface area contributed by atoms with Gasteiger partial charge in [0.2, 0.25) is 0 Å². The van der Waals surface area contributed by atoms with E-state index in [1.807, 2.05) is 0 Å². The molecule has 8 heteroatoms. The molecule has 27 heavy (non-hydrogen) atoms. The molecule has 0 bridgehead atoms. The van der Waals surface area contributed by atoms with Crippen LogP contribution in [0.2, 0.25) is 5.02 Å². The largest absolute Gasteiger partial charge is 0.465 e. The van der Waals surface area contributed by atoms with Gasteiger partial charge < -0.3 is 20.5 Å². The molecule has 0 heterocycles. The molecule has 2 aromatic rings. The van der Waals surface area contributed by atoms with E-state index in [-0.39, 0.29) is 13.0 Å². The summed E-state index contributed by atoms with van der Waals surface area (Å²) in [4.78, 5) is 34.8. The smallest absolute Gasteiger partial charge is 0.337 e. The van der Waals surface area contributed by atoms with E-state index in [9.17, 15) is 14.4 Å². The molecule has 142 valence electrons. The van der Waals surface area contributed by atoms with Crippen molar-refractivity contribution in [2.75, 3.05) is 7.11 Å². The topological polar surface area (TPSA) is 108 Å². The maximum absolute atomic E-state index is 12.2. The van der Waals surface area contributed by atoms with E-state index in [2.05, 4.69) is 10.1 Å². The highest BCUT2D eigenvalue weighted by molar-refractivity contribution is 6.30. The van der Waals surface area contributed by atoms with Crippen LogP contribution < -0.4 is 11.1 Å². The summed E-state index contributed by atoms with van der Waals surface area (Å²) in [5.74, 6) is -0.956. The molecule has 2 aromatic carbocycles. The highest BCUT2D eigenvalue weighted by atomic mass is 35.5. The van der Waals surface area contributed by atoms with Crippen molar-refractivity contribution in [3.63, 3.8) is 0 Å². The predicted molar refractivity (Wildman–Crippen MR) is 99.1 cm³/mol. The third-order valence-electron chi connectivity index (χ3n) is 3.73. The molecular formula is C19H19ClN2O5. The van der Waals surface area contributed by atoms with E-state index in [0.717, 1.165) is 0 Å². The van der Waals surface area contributed by atoms with Crippen LogP contribution >= 0.6 is 11.6 Å². The van der Waals surface area contributed by atoms with Gasteiger partial charge in [-0.05, 0) is 35.4 Å². The lowest BCUT2D eigenvalue weighted by atomic mass is 10.0. The first-order chi connectivity index (χ1) is 12.9. The number of carbonyl (C=O) groups is 3. The monoisotopic (exact) mass is 390 g/mol. The number of halogens is 1. The van der Waals surface area contributed by atoms with Crippen molar-refractivity contribution in [3.05, 3.63) is 70.2 Å². The highest BCUT2D eigenvalue weighted by Crippen LogP contribution is 2.20. The maximum atomic E-state index is 12.2. The number of esters is 2. The van der Waals surface area contributed by atoms with E-state index in [0.29, 0.717) is 21.7 Å². The van der Waals surface area contributed by atoms with Crippen LogP contribution in [0.3, 0.4) is 0 Å². The zero-order valence-corrected chi connectivity index (χ0v) is 15.4. The number of methoxy groups -OCH3 is 1. The van der Waals surface area contributed by atoms with Crippen molar-refractivity contribution in [2.24, 2.45) is 5.73 Å². The van der Waals surface area contributed by atoms with Crippen molar-refractivity contribution in [1.29, 1.82) is 0 Å². The van der Waals surface area contributed by atoms with Crippen molar-refractivity contribution in [3.8, 4) is 0 Å². The van der Waals surface area contributed by atoms with Gasteiger partial charge >= 0.3 is 18.0 Å². The lowest BCUT2D eigenvalue weighted by Crippen LogP contribution is -2.34. The molecule has 7 nitrogen and oxygen atoms in total. The van der Waals surface area contributed by atoms with Crippen LogP contribution in [0.5, 0.6) is 0 Å². The molecule has 0 saturated carbocycles. The minimum Gasteiger partial charge on any atom is -0.465 e. The summed E-state index contributed by atoms with van der Waals surface area (Å²) < 4.78 is 9.86. The van der Waals surface area contributed by atoms with Gasteiger partial charge in [0, 0.05) is 5.02 Å². The summed E-state index contributed by atoms with van der Waals surface area (Å²) >= 11 is 5.85. The minimum absolute atomic E-state index is 0.0319. The molecule has 0 aliphatic rings. The van der Waals surface area contributed by atoms with Gasteiger partial charge in [0.25, 0.3) is 0 Å². The van der Waals surface area contributed by atoms with Crippen molar-refractivity contribution < 1.29 is 23.9 Å². The average molecular weight is 391 g/mol. The Morgan fingerprint density at radius 2 is 1.70 bits per heavy atom. The van der Waals surface area contributed by atoms with Crippen molar-refractivity contribution >= 4 is 29.6 Å². The SMILES string of the molecule is COC(=O)c1ccc(COC(=O)C[C@H](NC(N)=O)c2ccc(Cl)cc2)cc1. The van der Waals surface area contributed by atoms with Gasteiger partial charge in [-0.2, -0.15) is 0 Å². The second-order valence-corrected chi connectivity index (χ2v) is 6.10. The summed E-state index contributed by atoms with van der Waals surface area (Å²) in [5, 5.41) is 3.05. The highest BCUT2D eigenvalue weighted by Gasteiger charge is 2.18. The zero-order chi connectivity index (χ0) is 19.8. The van der Waals surface area contributed by atoms with Crippen LogP contribution in [0.4, 0.5) is 4.79 Å². The number of nitrogens with one attached hydrogen (secondary N) is 1. The van der Waals surface area contributed by atoms with Crippen LogP contribution in [-0.4, -0.2) is 25.1 Å². The molecular weight excluding hydrogens is 372 g/mol. The number of hydrogen-bond acceptors (Lipinski definition) is 5. The lowest BCUT2D eigenvalue weighted by Gasteiger charge is -2.17. The first kappa shape index (κ1) is 20.3. The number of ether oxygens (including phenoxy) is 2. The maximum Gasteiger partial charge on any atom is 0.337 e. The van der Waals surface area contributed by atoms with Crippen LogP contribution in [-0.2, 0) is 20.9 Å². The Morgan fingerprint density at radius 3 is 2.26 bits per heavy atom. The molecule has 0 radical (unpaired) electrons. The molecule has 0 saturated heterocycles. The molecule has 3 N–H and O–H groups in total. The van der Waals surface area contributed by atoms with Gasteiger partial charge in [0.15, 0.2) is 0 Å². The fourth-order valence-corrected chi connectivity index (χ4v) is 2.49. The standard InChI is InChI=1S/C19H19ClN2O5/c1-26-18(24)14-4-2-12(3-5-14)11-27-17(23)10-16(22-19(21)25)13-6-8-15(20)9-7-13/h2-9,16H,10-11H2,1H3,(H3,21,22,25)/t16-/m0/s1. The second-order valence-electron chi connectivity index (χ2n) is 5.67. The first-order valence-corrected chi connectivity index (χ1v) is 8.41. The van der Waals surface area contributed by atoms with Crippen LogP contribution in [0.15, 0.2) is 48.5 Å². The van der Waals surface area contributed by atoms with Gasteiger partial charge in [-0.3, -0.25) is 4.79 Å². The quantitative estimate of drug-likeness (QED) is 0.706. The second kappa shape index (κ2) is 9.59. The number of hydrogen-bond donors (Lipinski definition) is 2. The first-order valence-electron chi connectivity index (χ1n) is 8.03. The molecule has 0 spiro atoms. The van der Waals surface area contributed by atoms with Crippen LogP contribution in [0.1, 0.15) is 33.9 Å². The molecule has 0 aromatic heterocycles. The fourth-order valence-electron chi connectivity index (χ4n) is 2.36. The Bertz CT molecular complexity index is 806. The molecule has 2 rings (SSSR count). The third-order valence-corrected chi connectivity index (χ3v) is 3.99. The Hall–Kier alpha value is -3.06. The van der Waals surface area contributed by atoms with Crippen molar-refractivity contribution in [1.82, 2.24) is 5.32 Å². The zero-order valence-electron chi connectivity index (χ0n) is 14.6. The van der Waals surface area contributed by atoms with Gasteiger partial charge in [-0.15, -0.1) is 0 Å². The number of amides is 2.